The minimum absolute atomic E-state index is 0.216. The molecule has 0 aliphatic carbocycles. The number of nitrogens with one attached hydrogen (secondary N) is 6. The molecule has 0 saturated carbocycles. The number of alkyl halides is 2. The molecular formula is C51H50F2N16O2. The lowest BCUT2D eigenvalue weighted by Crippen LogP contribution is -2.18. The summed E-state index contributed by atoms with van der Waals surface area (Å²) in [5.41, 5.74) is 5.09. The molecule has 2 amide bonds. The molecule has 0 unspecified atom stereocenters. The molecule has 0 atom stereocenters. The Bertz CT molecular complexity index is 3320. The highest BCUT2D eigenvalue weighted by atomic mass is 19.3. The van der Waals surface area contributed by atoms with Crippen LogP contribution in [0.4, 0.5) is 54.8 Å². The fourth-order valence-corrected chi connectivity index (χ4v) is 7.45. The van der Waals surface area contributed by atoms with E-state index < -0.39 is 17.2 Å². The van der Waals surface area contributed by atoms with Gasteiger partial charge in [-0.1, -0.05) is 24.3 Å². The van der Waals surface area contributed by atoms with Crippen LogP contribution in [-0.2, 0) is 24.2 Å². The minimum atomic E-state index is -3.08. The van der Waals surface area contributed by atoms with E-state index in [-0.39, 0.29) is 17.2 Å². The first-order valence-electron chi connectivity index (χ1n) is 22.4. The van der Waals surface area contributed by atoms with Crippen LogP contribution in [0.2, 0.25) is 0 Å². The van der Waals surface area contributed by atoms with Gasteiger partial charge in [-0.25, -0.2) is 28.7 Å². The number of carbonyl (C=O) groups is 2. The first-order chi connectivity index (χ1) is 34.0. The lowest BCUT2D eigenvalue weighted by Gasteiger charge is -2.16. The molecule has 0 spiro atoms. The van der Waals surface area contributed by atoms with E-state index >= 15 is 0 Å². The fourth-order valence-electron chi connectivity index (χ4n) is 7.45. The molecule has 20 heteroatoms. The number of hydrogen-bond donors (Lipinski definition) is 6. The van der Waals surface area contributed by atoms with Crippen molar-refractivity contribution in [2.75, 3.05) is 46.0 Å². The number of amides is 2. The predicted molar refractivity (Wildman–Crippen MR) is 269 cm³/mol. The first kappa shape index (κ1) is 48.3. The van der Waals surface area contributed by atoms with E-state index in [1.807, 2.05) is 32.0 Å². The molecule has 0 saturated heterocycles. The highest BCUT2D eigenvalue weighted by Gasteiger charge is 2.25. The van der Waals surface area contributed by atoms with Crippen LogP contribution in [-0.4, -0.2) is 70.4 Å². The summed E-state index contributed by atoms with van der Waals surface area (Å²) in [7, 11) is 3.51. The zero-order valence-corrected chi connectivity index (χ0v) is 39.9. The van der Waals surface area contributed by atoms with Crippen molar-refractivity contribution in [1.29, 1.82) is 5.26 Å². The Morgan fingerprint density at radius 3 is 1.92 bits per heavy atom. The van der Waals surface area contributed by atoms with Gasteiger partial charge in [0, 0.05) is 90.9 Å². The van der Waals surface area contributed by atoms with Crippen molar-refractivity contribution in [2.45, 2.75) is 58.8 Å². The molecule has 18 nitrogen and oxygen atoms in total. The Morgan fingerprint density at radius 2 is 1.27 bits per heavy atom. The normalized spacial score (nSPS) is 11.4. The van der Waals surface area contributed by atoms with Crippen molar-refractivity contribution in [3.05, 3.63) is 161 Å². The van der Waals surface area contributed by atoms with Crippen molar-refractivity contribution < 1.29 is 18.4 Å². The molecule has 0 bridgehead atoms. The second-order valence-corrected chi connectivity index (χ2v) is 17.2. The van der Waals surface area contributed by atoms with Crippen molar-refractivity contribution in [3.8, 4) is 17.7 Å². The van der Waals surface area contributed by atoms with E-state index in [0.29, 0.717) is 93.0 Å². The summed E-state index contributed by atoms with van der Waals surface area (Å²) in [6.07, 6.45) is 5.31. The maximum absolute atomic E-state index is 14.1. The highest BCUT2D eigenvalue weighted by molar-refractivity contribution is 6.06. The van der Waals surface area contributed by atoms with E-state index in [0.717, 1.165) is 18.1 Å². The van der Waals surface area contributed by atoms with E-state index in [2.05, 4.69) is 62.9 Å². The van der Waals surface area contributed by atoms with Crippen LogP contribution in [0.25, 0.3) is 11.6 Å². The summed E-state index contributed by atoms with van der Waals surface area (Å²) >= 11 is 0. The lowest BCUT2D eigenvalue weighted by atomic mass is 9.90. The molecule has 3 aromatic carbocycles. The van der Waals surface area contributed by atoms with Crippen molar-refractivity contribution >= 4 is 57.8 Å². The molecule has 8 rings (SSSR count). The highest BCUT2D eigenvalue weighted by Crippen LogP contribution is 2.32. The number of hydrogen-bond acceptors (Lipinski definition) is 14. The quantitative estimate of drug-likeness (QED) is 0.0500. The maximum atomic E-state index is 14.1. The molecule has 71 heavy (non-hydrogen) atoms. The summed E-state index contributed by atoms with van der Waals surface area (Å²) in [6.45, 7) is 8.09. The molecular weight excluding hydrogens is 907 g/mol. The van der Waals surface area contributed by atoms with Gasteiger partial charge >= 0.3 is 0 Å². The molecule has 0 radical (unpaired) electrons. The van der Waals surface area contributed by atoms with Gasteiger partial charge in [0.05, 0.1) is 28.6 Å². The third kappa shape index (κ3) is 11.3. The first-order valence-corrected chi connectivity index (χ1v) is 22.4. The number of halogens is 2. The van der Waals surface area contributed by atoms with E-state index in [9.17, 15) is 23.6 Å². The summed E-state index contributed by atoms with van der Waals surface area (Å²) in [4.78, 5) is 49.3. The Kier molecular flexibility index (Phi) is 13.8. The number of pyridine rings is 1. The summed E-state index contributed by atoms with van der Waals surface area (Å²) in [5.74, 6) is -0.682. The average Bonchev–Trinajstić information content (AvgIpc) is 3.95. The van der Waals surface area contributed by atoms with Crippen LogP contribution >= 0.6 is 0 Å². The topological polar surface area (TPSA) is 230 Å². The molecule has 0 fully saturated rings. The van der Waals surface area contributed by atoms with Crippen LogP contribution in [0.3, 0.4) is 0 Å². The summed E-state index contributed by atoms with van der Waals surface area (Å²) in [6, 6.07) is 29.0. The monoisotopic (exact) mass is 956 g/mol. The van der Waals surface area contributed by atoms with Gasteiger partial charge in [0.15, 0.2) is 11.6 Å². The second-order valence-electron chi connectivity index (χ2n) is 17.2. The number of nitriles is 1. The van der Waals surface area contributed by atoms with Gasteiger partial charge in [-0.05, 0) is 100 Å². The van der Waals surface area contributed by atoms with Gasteiger partial charge in [0.25, 0.3) is 17.7 Å². The van der Waals surface area contributed by atoms with E-state index in [1.165, 1.54) is 30.9 Å². The van der Waals surface area contributed by atoms with Crippen LogP contribution in [0.1, 0.15) is 75.3 Å². The SMILES string of the molecule is CNc1cc(-n2nc(CCc3ccc(C(=O)Nc4ccnc(C(C)(C)C#N)c4)cc3Nc3cc(C)nn3-c3cc(NC)ncn3)cc2Nc2cc(C(=O)Nc3cccc(C(C)(F)F)c3)ccc2C)ncn1. The summed E-state index contributed by atoms with van der Waals surface area (Å²) in [5, 5.41) is 38.2. The Balaban J connectivity index is 1.11. The third-order valence-corrected chi connectivity index (χ3v) is 11.5. The van der Waals surface area contributed by atoms with Crippen LogP contribution in [0.5, 0.6) is 0 Å². The standard InChI is InChI=1S/C51H50F2N16O2/c1-30-11-12-33(48(70)62-36-10-8-9-35(22-36)51(5,52)53)20-39(30)64-47-24-38(67-69(47)45-26-43(56-7)59-29-61-45)16-15-32-13-14-34(49(71)63-37-17-18-57-41(23-37)50(3,4)27-54)21-40(32)65-46-19-31(2)66-68(46)44-25-42(55-6)58-28-60-44/h8-14,17-26,28-29,64-65H,15-16H2,1-7H3,(H,62,70)(H,55,58,60)(H,56,59,61)(H,57,63,71). The number of carbonyl (C=O) groups excluding carboxylic acids is 2. The second kappa shape index (κ2) is 20.2. The van der Waals surface area contributed by atoms with Gasteiger partial charge in [-0.3, -0.25) is 14.6 Å². The maximum Gasteiger partial charge on any atom is 0.270 e. The number of benzene rings is 3. The van der Waals surface area contributed by atoms with Gasteiger partial charge in [0.2, 0.25) is 0 Å². The largest absolute Gasteiger partial charge is 0.373 e. The van der Waals surface area contributed by atoms with Crippen LogP contribution in [0, 0.1) is 25.2 Å². The van der Waals surface area contributed by atoms with Crippen molar-refractivity contribution in [1.82, 2.24) is 44.5 Å². The van der Waals surface area contributed by atoms with E-state index in [4.69, 9.17) is 10.2 Å². The molecule has 8 aromatic rings. The molecule has 360 valence electrons. The molecule has 0 aliphatic rings. The zero-order chi connectivity index (χ0) is 50.5. The summed E-state index contributed by atoms with van der Waals surface area (Å²) < 4.78 is 31.5. The Labute approximate surface area is 408 Å². The molecule has 6 N–H and O–H groups in total. The van der Waals surface area contributed by atoms with Crippen LogP contribution in [0.15, 0.2) is 116 Å². The number of aromatic nitrogens is 9. The third-order valence-electron chi connectivity index (χ3n) is 11.5. The van der Waals surface area contributed by atoms with Crippen molar-refractivity contribution in [2.24, 2.45) is 0 Å². The molecule has 5 aromatic heterocycles. The van der Waals surface area contributed by atoms with Gasteiger partial charge in [0.1, 0.15) is 35.9 Å². The number of nitrogens with zero attached hydrogens (tertiary/aromatic N) is 10. The zero-order valence-electron chi connectivity index (χ0n) is 39.9. The van der Waals surface area contributed by atoms with Gasteiger partial charge in [-0.2, -0.15) is 24.8 Å². The number of aryl methyl sites for hydroxylation is 4. The average molecular weight is 957 g/mol. The Morgan fingerprint density at radius 1 is 0.662 bits per heavy atom. The van der Waals surface area contributed by atoms with Gasteiger partial charge < -0.3 is 31.9 Å². The Hall–Kier alpha value is -9.12. The molecule has 0 aliphatic heterocycles. The van der Waals surface area contributed by atoms with Crippen LogP contribution < -0.4 is 31.9 Å². The fraction of sp³-hybridized carbons (Fsp3) is 0.216. The smallest absolute Gasteiger partial charge is 0.270 e. The molecule has 5 heterocycles. The number of anilines is 8. The minimum Gasteiger partial charge on any atom is -0.373 e. The van der Waals surface area contributed by atoms with Gasteiger partial charge in [-0.15, -0.1) is 0 Å². The lowest BCUT2D eigenvalue weighted by molar-refractivity contribution is 0.0175. The van der Waals surface area contributed by atoms with E-state index in [1.54, 1.807) is 104 Å². The number of rotatable bonds is 17. The predicted octanol–water partition coefficient (Wildman–Crippen LogP) is 9.42. The van der Waals surface area contributed by atoms with Crippen molar-refractivity contribution in [3.63, 3.8) is 0 Å².